The summed E-state index contributed by atoms with van der Waals surface area (Å²) >= 11 is 3.35. The summed E-state index contributed by atoms with van der Waals surface area (Å²) in [6.45, 7) is 0.458. The van der Waals surface area contributed by atoms with Gasteiger partial charge in [0.15, 0.2) is 6.61 Å². The number of rotatable bonds is 5. The van der Waals surface area contributed by atoms with E-state index in [9.17, 15) is 4.79 Å². The zero-order chi connectivity index (χ0) is 12.7. The van der Waals surface area contributed by atoms with Crippen molar-refractivity contribution in [2.75, 3.05) is 13.2 Å². The van der Waals surface area contributed by atoms with Gasteiger partial charge in [0.1, 0.15) is 5.75 Å². The number of carbonyl (C=O) groups excluding carboxylic acids is 1. The van der Waals surface area contributed by atoms with Crippen LogP contribution in [0.4, 0.5) is 0 Å². The van der Waals surface area contributed by atoms with E-state index in [1.54, 1.807) is 0 Å². The van der Waals surface area contributed by atoms with E-state index in [2.05, 4.69) is 27.2 Å². The predicted octanol–water partition coefficient (Wildman–Crippen LogP) is 1.04. The average Bonchev–Trinajstić information content (AvgIpc) is 2.34. The Morgan fingerprint density at radius 2 is 2.35 bits per heavy atom. The molecule has 0 atom stereocenters. The zero-order valence-electron chi connectivity index (χ0n) is 9.20. The molecule has 0 radical (unpaired) electrons. The number of amides is 1. The van der Waals surface area contributed by atoms with Crippen molar-refractivity contribution in [2.24, 2.45) is 5.73 Å². The number of hydrogen-bond donors (Lipinski definition) is 2. The second-order valence-electron chi connectivity index (χ2n) is 3.20. The molecule has 0 aliphatic carbocycles. The molecule has 5 heteroatoms. The number of benzene rings is 1. The molecule has 0 spiro atoms. The minimum Gasteiger partial charge on any atom is -0.482 e. The minimum atomic E-state index is -0.262. The SMILES string of the molecule is C#CCNC(=O)COc1c(Br)cccc1CN. The number of halogens is 1. The van der Waals surface area contributed by atoms with Crippen molar-refractivity contribution >= 4 is 21.8 Å². The second-order valence-corrected chi connectivity index (χ2v) is 4.06. The van der Waals surface area contributed by atoms with Gasteiger partial charge in [0.25, 0.3) is 5.91 Å². The molecule has 0 aliphatic heterocycles. The third-order valence-corrected chi connectivity index (χ3v) is 2.63. The summed E-state index contributed by atoms with van der Waals surface area (Å²) in [4.78, 5) is 11.3. The maximum atomic E-state index is 11.3. The molecule has 0 aromatic heterocycles. The summed E-state index contributed by atoms with van der Waals surface area (Å²) in [5, 5.41) is 2.51. The first-order valence-electron chi connectivity index (χ1n) is 4.99. The van der Waals surface area contributed by atoms with Crippen LogP contribution in [-0.2, 0) is 11.3 Å². The fourth-order valence-electron chi connectivity index (χ4n) is 1.21. The quantitative estimate of drug-likeness (QED) is 0.798. The van der Waals surface area contributed by atoms with Crippen LogP contribution in [0.3, 0.4) is 0 Å². The van der Waals surface area contributed by atoms with Gasteiger partial charge in [0, 0.05) is 12.1 Å². The molecule has 90 valence electrons. The molecular weight excluding hydrogens is 284 g/mol. The van der Waals surface area contributed by atoms with Crippen molar-refractivity contribution < 1.29 is 9.53 Å². The molecule has 1 aromatic carbocycles. The monoisotopic (exact) mass is 296 g/mol. The van der Waals surface area contributed by atoms with E-state index in [4.69, 9.17) is 16.9 Å². The van der Waals surface area contributed by atoms with E-state index >= 15 is 0 Å². The maximum Gasteiger partial charge on any atom is 0.258 e. The predicted molar refractivity (Wildman–Crippen MR) is 69.4 cm³/mol. The Kier molecular flexibility index (Phi) is 5.53. The molecule has 0 saturated heterocycles. The maximum absolute atomic E-state index is 11.3. The number of para-hydroxylation sites is 1. The first-order chi connectivity index (χ1) is 8.19. The molecule has 3 N–H and O–H groups in total. The van der Waals surface area contributed by atoms with Crippen LogP contribution in [0, 0.1) is 12.3 Å². The second kappa shape index (κ2) is 6.94. The van der Waals surface area contributed by atoms with Gasteiger partial charge in [0.05, 0.1) is 11.0 Å². The van der Waals surface area contributed by atoms with Gasteiger partial charge < -0.3 is 15.8 Å². The molecule has 1 aromatic rings. The van der Waals surface area contributed by atoms with Crippen LogP contribution in [-0.4, -0.2) is 19.1 Å². The van der Waals surface area contributed by atoms with Gasteiger partial charge in [0.2, 0.25) is 0 Å². The Morgan fingerprint density at radius 1 is 1.59 bits per heavy atom. The fourth-order valence-corrected chi connectivity index (χ4v) is 1.74. The highest BCUT2D eigenvalue weighted by Gasteiger charge is 2.08. The molecular formula is C12H13BrN2O2. The number of hydrogen-bond acceptors (Lipinski definition) is 3. The minimum absolute atomic E-state index is 0.0860. The van der Waals surface area contributed by atoms with Crippen molar-refractivity contribution in [3.8, 4) is 18.1 Å². The molecule has 1 amide bonds. The van der Waals surface area contributed by atoms with Crippen LogP contribution in [0.15, 0.2) is 22.7 Å². The summed E-state index contributed by atoms with van der Waals surface area (Å²) < 4.78 is 6.18. The van der Waals surface area contributed by atoms with Crippen LogP contribution < -0.4 is 15.8 Å². The Balaban J connectivity index is 2.63. The van der Waals surface area contributed by atoms with Crippen LogP contribution in [0.5, 0.6) is 5.75 Å². The summed E-state index contributed by atoms with van der Waals surface area (Å²) in [5.74, 6) is 2.64. The number of ether oxygens (including phenoxy) is 1. The highest BCUT2D eigenvalue weighted by molar-refractivity contribution is 9.10. The van der Waals surface area contributed by atoms with Crippen molar-refractivity contribution in [1.29, 1.82) is 0 Å². The van der Waals surface area contributed by atoms with Crippen molar-refractivity contribution in [1.82, 2.24) is 5.32 Å². The lowest BCUT2D eigenvalue weighted by molar-refractivity contribution is -0.122. The highest BCUT2D eigenvalue weighted by Crippen LogP contribution is 2.28. The summed E-state index contributed by atoms with van der Waals surface area (Å²) in [7, 11) is 0. The smallest absolute Gasteiger partial charge is 0.258 e. The first-order valence-corrected chi connectivity index (χ1v) is 5.78. The van der Waals surface area contributed by atoms with Crippen LogP contribution in [0.1, 0.15) is 5.56 Å². The zero-order valence-corrected chi connectivity index (χ0v) is 10.8. The summed E-state index contributed by atoms with van der Waals surface area (Å²) in [5.41, 5.74) is 6.42. The van der Waals surface area contributed by atoms with Gasteiger partial charge in [-0.15, -0.1) is 6.42 Å². The number of nitrogens with two attached hydrogens (primary N) is 1. The van der Waals surface area contributed by atoms with Crippen molar-refractivity contribution in [2.45, 2.75) is 6.54 Å². The molecule has 17 heavy (non-hydrogen) atoms. The highest BCUT2D eigenvalue weighted by atomic mass is 79.9. The van der Waals surface area contributed by atoms with Gasteiger partial charge in [-0.25, -0.2) is 0 Å². The molecule has 1 rings (SSSR count). The largest absolute Gasteiger partial charge is 0.482 e. The molecule has 0 aliphatic rings. The lowest BCUT2D eigenvalue weighted by Crippen LogP contribution is -2.29. The standard InChI is InChI=1S/C12H13BrN2O2/c1-2-6-15-11(16)8-17-12-9(7-14)4-3-5-10(12)13/h1,3-5H,6-8,14H2,(H,15,16). The normalized spacial score (nSPS) is 9.47. The van der Waals surface area contributed by atoms with Crippen LogP contribution in [0.25, 0.3) is 0 Å². The summed E-state index contributed by atoms with van der Waals surface area (Å²) in [6.07, 6.45) is 5.02. The molecule has 0 fully saturated rings. The van der Waals surface area contributed by atoms with Gasteiger partial charge in [-0.3, -0.25) is 4.79 Å². The third kappa shape index (κ3) is 4.10. The molecule has 0 heterocycles. The van der Waals surface area contributed by atoms with E-state index in [0.29, 0.717) is 12.3 Å². The van der Waals surface area contributed by atoms with E-state index < -0.39 is 0 Å². The third-order valence-electron chi connectivity index (χ3n) is 2.00. The van der Waals surface area contributed by atoms with Gasteiger partial charge in [-0.2, -0.15) is 0 Å². The van der Waals surface area contributed by atoms with E-state index in [1.807, 2.05) is 18.2 Å². The summed E-state index contributed by atoms with van der Waals surface area (Å²) in [6, 6.07) is 5.53. The van der Waals surface area contributed by atoms with Gasteiger partial charge >= 0.3 is 0 Å². The number of nitrogens with one attached hydrogen (secondary N) is 1. The Bertz CT molecular complexity index is 441. The van der Waals surface area contributed by atoms with E-state index in [-0.39, 0.29) is 19.1 Å². The Hall–Kier alpha value is -1.51. The van der Waals surface area contributed by atoms with Crippen molar-refractivity contribution in [3.63, 3.8) is 0 Å². The number of carbonyl (C=O) groups is 1. The van der Waals surface area contributed by atoms with E-state index in [0.717, 1.165) is 10.0 Å². The first kappa shape index (κ1) is 13.6. The fraction of sp³-hybridized carbons (Fsp3) is 0.250. The van der Waals surface area contributed by atoms with Crippen LogP contribution >= 0.6 is 15.9 Å². The lowest BCUT2D eigenvalue weighted by atomic mass is 10.2. The Labute approximate surface area is 109 Å². The number of terminal acetylenes is 1. The average molecular weight is 297 g/mol. The van der Waals surface area contributed by atoms with Crippen LogP contribution in [0.2, 0.25) is 0 Å². The van der Waals surface area contributed by atoms with Crippen molar-refractivity contribution in [3.05, 3.63) is 28.2 Å². The lowest BCUT2D eigenvalue weighted by Gasteiger charge is -2.11. The molecule has 0 bridgehead atoms. The van der Waals surface area contributed by atoms with Gasteiger partial charge in [-0.05, 0) is 22.0 Å². The van der Waals surface area contributed by atoms with E-state index in [1.165, 1.54) is 0 Å². The topological polar surface area (TPSA) is 64.3 Å². The molecule has 0 unspecified atom stereocenters. The van der Waals surface area contributed by atoms with Gasteiger partial charge in [-0.1, -0.05) is 18.1 Å². The molecule has 0 saturated carbocycles. The Morgan fingerprint density at radius 3 is 3.00 bits per heavy atom. The molecule has 4 nitrogen and oxygen atoms in total.